The highest BCUT2D eigenvalue weighted by Gasteiger charge is 2.15. The van der Waals surface area contributed by atoms with Crippen molar-refractivity contribution in [3.05, 3.63) is 0 Å². The molecular formula is C10H22N2O. The van der Waals surface area contributed by atoms with E-state index in [0.29, 0.717) is 0 Å². The molecule has 0 aromatic heterocycles. The van der Waals surface area contributed by atoms with Crippen LogP contribution in [-0.4, -0.2) is 18.5 Å². The average molecular weight is 186 g/mol. The Kier molecular flexibility index (Phi) is 6.59. The minimum absolute atomic E-state index is 0.0637. The van der Waals surface area contributed by atoms with Crippen LogP contribution in [0.5, 0.6) is 0 Å². The van der Waals surface area contributed by atoms with E-state index in [1.54, 1.807) is 0 Å². The fourth-order valence-electron chi connectivity index (χ4n) is 0.986. The predicted octanol–water partition coefficient (Wildman–Crippen LogP) is 1.28. The van der Waals surface area contributed by atoms with Gasteiger partial charge in [0.15, 0.2) is 0 Å². The van der Waals surface area contributed by atoms with Crippen molar-refractivity contribution in [2.24, 2.45) is 11.7 Å². The van der Waals surface area contributed by atoms with Crippen LogP contribution in [0, 0.1) is 5.92 Å². The molecule has 0 spiro atoms. The first-order chi connectivity index (χ1) is 6.09. The van der Waals surface area contributed by atoms with Crippen LogP contribution in [0.4, 0.5) is 0 Å². The fraction of sp³-hybridized carbons (Fsp3) is 0.900. The third kappa shape index (κ3) is 5.64. The molecule has 13 heavy (non-hydrogen) atoms. The van der Waals surface area contributed by atoms with Gasteiger partial charge >= 0.3 is 0 Å². The van der Waals surface area contributed by atoms with Gasteiger partial charge in [0.1, 0.15) is 0 Å². The van der Waals surface area contributed by atoms with E-state index in [-0.39, 0.29) is 17.9 Å². The minimum Gasteiger partial charge on any atom is -0.356 e. The Bertz CT molecular complexity index is 146. The molecular weight excluding hydrogens is 164 g/mol. The Hall–Kier alpha value is -0.570. The molecule has 3 N–H and O–H groups in total. The van der Waals surface area contributed by atoms with Crippen molar-refractivity contribution in [2.75, 3.05) is 6.54 Å². The van der Waals surface area contributed by atoms with E-state index in [2.05, 4.69) is 12.2 Å². The summed E-state index contributed by atoms with van der Waals surface area (Å²) in [5.41, 5.74) is 5.61. The van der Waals surface area contributed by atoms with Gasteiger partial charge in [0.2, 0.25) is 5.91 Å². The number of nitrogens with one attached hydrogen (secondary N) is 1. The van der Waals surface area contributed by atoms with Gasteiger partial charge in [0, 0.05) is 18.5 Å². The molecule has 0 heterocycles. The summed E-state index contributed by atoms with van der Waals surface area (Å²) in [4.78, 5) is 11.4. The number of carbonyl (C=O) groups is 1. The van der Waals surface area contributed by atoms with E-state index in [1.807, 2.05) is 13.8 Å². The second-order valence-corrected chi connectivity index (χ2v) is 3.65. The molecule has 0 radical (unpaired) electrons. The van der Waals surface area contributed by atoms with Gasteiger partial charge in [-0.3, -0.25) is 4.79 Å². The monoisotopic (exact) mass is 186 g/mol. The van der Waals surface area contributed by atoms with E-state index in [4.69, 9.17) is 5.73 Å². The Morgan fingerprint density at radius 3 is 2.46 bits per heavy atom. The SMILES string of the molecule is CCCCCNC(=O)C(C)C(C)N. The Morgan fingerprint density at radius 2 is 2.00 bits per heavy atom. The smallest absolute Gasteiger partial charge is 0.224 e. The van der Waals surface area contributed by atoms with Crippen molar-refractivity contribution in [1.82, 2.24) is 5.32 Å². The Balaban J connectivity index is 3.50. The molecule has 1 amide bonds. The molecule has 0 aliphatic rings. The first kappa shape index (κ1) is 12.4. The van der Waals surface area contributed by atoms with E-state index in [9.17, 15) is 4.79 Å². The summed E-state index contributed by atoms with van der Waals surface area (Å²) in [5, 5.41) is 2.88. The van der Waals surface area contributed by atoms with Gasteiger partial charge in [0.05, 0.1) is 0 Å². The molecule has 0 saturated heterocycles. The van der Waals surface area contributed by atoms with Gasteiger partial charge in [-0.05, 0) is 13.3 Å². The molecule has 0 aromatic carbocycles. The molecule has 0 fully saturated rings. The summed E-state index contributed by atoms with van der Waals surface area (Å²) in [5.74, 6) is -0.00673. The molecule has 2 unspecified atom stereocenters. The maximum atomic E-state index is 11.4. The number of hydrogen-bond donors (Lipinski definition) is 2. The third-order valence-electron chi connectivity index (χ3n) is 2.28. The molecule has 3 heteroatoms. The van der Waals surface area contributed by atoms with E-state index in [1.165, 1.54) is 12.8 Å². The lowest BCUT2D eigenvalue weighted by atomic mass is 10.0. The number of rotatable bonds is 6. The molecule has 0 aliphatic carbocycles. The molecule has 0 saturated carbocycles. The minimum atomic E-state index is -0.0818. The molecule has 2 atom stereocenters. The second kappa shape index (κ2) is 6.89. The number of nitrogens with two attached hydrogens (primary N) is 1. The Morgan fingerprint density at radius 1 is 1.38 bits per heavy atom. The number of amides is 1. The summed E-state index contributed by atoms with van der Waals surface area (Å²) in [7, 11) is 0. The van der Waals surface area contributed by atoms with Crippen LogP contribution < -0.4 is 11.1 Å². The molecule has 0 rings (SSSR count). The fourth-order valence-corrected chi connectivity index (χ4v) is 0.986. The first-order valence-corrected chi connectivity index (χ1v) is 5.12. The first-order valence-electron chi connectivity index (χ1n) is 5.12. The van der Waals surface area contributed by atoms with Crippen LogP contribution in [0.15, 0.2) is 0 Å². The van der Waals surface area contributed by atoms with Crippen LogP contribution in [0.2, 0.25) is 0 Å². The van der Waals surface area contributed by atoms with Crippen molar-refractivity contribution in [2.45, 2.75) is 46.1 Å². The zero-order valence-corrected chi connectivity index (χ0v) is 8.97. The molecule has 78 valence electrons. The highest BCUT2D eigenvalue weighted by molar-refractivity contribution is 5.78. The van der Waals surface area contributed by atoms with Crippen LogP contribution >= 0.6 is 0 Å². The van der Waals surface area contributed by atoms with Gasteiger partial charge in [-0.2, -0.15) is 0 Å². The van der Waals surface area contributed by atoms with Crippen LogP contribution in [-0.2, 0) is 4.79 Å². The lowest BCUT2D eigenvalue weighted by Gasteiger charge is -2.14. The van der Waals surface area contributed by atoms with Gasteiger partial charge < -0.3 is 11.1 Å². The van der Waals surface area contributed by atoms with Gasteiger partial charge in [0.25, 0.3) is 0 Å². The largest absolute Gasteiger partial charge is 0.356 e. The highest BCUT2D eigenvalue weighted by Crippen LogP contribution is 1.99. The van der Waals surface area contributed by atoms with Crippen molar-refractivity contribution in [3.8, 4) is 0 Å². The number of carbonyl (C=O) groups excluding carboxylic acids is 1. The van der Waals surface area contributed by atoms with Gasteiger partial charge in [-0.25, -0.2) is 0 Å². The van der Waals surface area contributed by atoms with Gasteiger partial charge in [-0.1, -0.05) is 26.7 Å². The van der Waals surface area contributed by atoms with E-state index >= 15 is 0 Å². The summed E-state index contributed by atoms with van der Waals surface area (Å²) in [6.45, 7) is 6.65. The number of hydrogen-bond acceptors (Lipinski definition) is 2. The summed E-state index contributed by atoms with van der Waals surface area (Å²) >= 11 is 0. The average Bonchev–Trinajstić information content (AvgIpc) is 2.10. The Labute approximate surface area is 81.1 Å². The predicted molar refractivity (Wildman–Crippen MR) is 55.3 cm³/mol. The number of unbranched alkanes of at least 4 members (excludes halogenated alkanes) is 2. The summed E-state index contributed by atoms with van der Waals surface area (Å²) < 4.78 is 0. The maximum Gasteiger partial charge on any atom is 0.224 e. The van der Waals surface area contributed by atoms with Crippen molar-refractivity contribution in [1.29, 1.82) is 0 Å². The van der Waals surface area contributed by atoms with Crippen molar-refractivity contribution < 1.29 is 4.79 Å². The van der Waals surface area contributed by atoms with Crippen molar-refractivity contribution >= 4 is 5.91 Å². The topological polar surface area (TPSA) is 55.1 Å². The second-order valence-electron chi connectivity index (χ2n) is 3.65. The highest BCUT2D eigenvalue weighted by atomic mass is 16.1. The third-order valence-corrected chi connectivity index (χ3v) is 2.28. The normalized spacial score (nSPS) is 15.1. The van der Waals surface area contributed by atoms with Crippen LogP contribution in [0.25, 0.3) is 0 Å². The maximum absolute atomic E-state index is 11.4. The summed E-state index contributed by atoms with van der Waals surface area (Å²) in [6.07, 6.45) is 3.42. The zero-order chi connectivity index (χ0) is 10.3. The molecule has 3 nitrogen and oxygen atoms in total. The van der Waals surface area contributed by atoms with E-state index in [0.717, 1.165) is 13.0 Å². The van der Waals surface area contributed by atoms with Crippen LogP contribution in [0.3, 0.4) is 0 Å². The van der Waals surface area contributed by atoms with E-state index < -0.39 is 0 Å². The quantitative estimate of drug-likeness (QED) is 0.614. The van der Waals surface area contributed by atoms with Gasteiger partial charge in [-0.15, -0.1) is 0 Å². The van der Waals surface area contributed by atoms with Crippen molar-refractivity contribution in [3.63, 3.8) is 0 Å². The lowest BCUT2D eigenvalue weighted by Crippen LogP contribution is -2.38. The molecule has 0 aromatic rings. The lowest BCUT2D eigenvalue weighted by molar-refractivity contribution is -0.124. The zero-order valence-electron chi connectivity index (χ0n) is 8.97. The molecule has 0 bridgehead atoms. The molecule has 0 aliphatic heterocycles. The standard InChI is InChI=1S/C10H22N2O/c1-4-5-6-7-12-10(13)8(2)9(3)11/h8-9H,4-7,11H2,1-3H3,(H,12,13). The summed E-state index contributed by atoms with van der Waals surface area (Å²) in [6, 6.07) is -0.0637. The van der Waals surface area contributed by atoms with Crippen LogP contribution in [0.1, 0.15) is 40.0 Å².